The van der Waals surface area contributed by atoms with E-state index in [-0.39, 0.29) is 17.8 Å². The van der Waals surface area contributed by atoms with Crippen molar-refractivity contribution < 1.29 is 13.6 Å². The number of benzene rings is 2. The van der Waals surface area contributed by atoms with Gasteiger partial charge in [0.05, 0.1) is 6.20 Å². The molecular weight excluding hydrogens is 367 g/mol. The smallest absolute Gasteiger partial charge is 0.223 e. The van der Waals surface area contributed by atoms with E-state index in [1.807, 2.05) is 23.1 Å². The van der Waals surface area contributed by atoms with E-state index >= 15 is 0 Å². The Morgan fingerprint density at radius 3 is 2.59 bits per heavy atom. The highest BCUT2D eigenvalue weighted by Gasteiger charge is 2.34. The Morgan fingerprint density at radius 1 is 1.17 bits per heavy atom. The average Bonchev–Trinajstić information content (AvgIpc) is 3.49. The van der Waals surface area contributed by atoms with Crippen molar-refractivity contribution in [1.29, 1.82) is 0 Å². The van der Waals surface area contributed by atoms with Crippen LogP contribution in [0, 0.1) is 11.7 Å². The first kappa shape index (κ1) is 19.4. The van der Waals surface area contributed by atoms with Crippen molar-refractivity contribution in [3.05, 3.63) is 78.1 Å². The third-order valence-electron chi connectivity index (χ3n) is 5.55. The molecule has 150 valence electrons. The van der Waals surface area contributed by atoms with E-state index < -0.39 is 0 Å². The molecule has 0 N–H and O–H groups in total. The van der Waals surface area contributed by atoms with Gasteiger partial charge in [0.15, 0.2) is 11.7 Å². The summed E-state index contributed by atoms with van der Waals surface area (Å²) in [4.78, 5) is 19.3. The van der Waals surface area contributed by atoms with Crippen molar-refractivity contribution in [2.24, 2.45) is 5.92 Å². The topological polar surface area (TPSA) is 46.3 Å². The van der Waals surface area contributed by atoms with Gasteiger partial charge in [-0.1, -0.05) is 30.3 Å². The number of oxazole rings is 1. The van der Waals surface area contributed by atoms with E-state index in [0.29, 0.717) is 37.0 Å². The van der Waals surface area contributed by atoms with Crippen molar-refractivity contribution >= 4 is 5.91 Å². The summed E-state index contributed by atoms with van der Waals surface area (Å²) in [6.45, 7) is 2.78. The van der Waals surface area contributed by atoms with Gasteiger partial charge in [-0.05, 0) is 55.5 Å². The highest BCUT2D eigenvalue weighted by molar-refractivity contribution is 5.76. The Labute approximate surface area is 170 Å². The largest absolute Gasteiger partial charge is 0.441 e. The maximum atomic E-state index is 13.1. The van der Waals surface area contributed by atoms with E-state index in [0.717, 1.165) is 11.1 Å². The second-order valence-corrected chi connectivity index (χ2v) is 7.71. The molecule has 4 rings (SSSR count). The minimum absolute atomic E-state index is 0.120. The van der Waals surface area contributed by atoms with Crippen LogP contribution in [0.25, 0.3) is 11.3 Å². The van der Waals surface area contributed by atoms with Gasteiger partial charge >= 0.3 is 0 Å². The van der Waals surface area contributed by atoms with Crippen LogP contribution >= 0.6 is 0 Å². The molecule has 1 fully saturated rings. The number of hydrogen-bond acceptors (Lipinski definition) is 3. The number of halogens is 1. The molecule has 0 bridgehead atoms. The summed E-state index contributed by atoms with van der Waals surface area (Å²) >= 11 is 0. The number of carbonyl (C=O) groups excluding carboxylic acids is 1. The van der Waals surface area contributed by atoms with Gasteiger partial charge in [0.2, 0.25) is 5.91 Å². The molecule has 29 heavy (non-hydrogen) atoms. The van der Waals surface area contributed by atoms with Crippen LogP contribution in [0.2, 0.25) is 0 Å². The molecule has 3 aromatic rings. The molecule has 1 unspecified atom stereocenters. The fraction of sp³-hybridized carbons (Fsp3) is 0.333. The predicted octanol–water partition coefficient (Wildman–Crippen LogP) is 5.24. The lowest BCUT2D eigenvalue weighted by molar-refractivity contribution is -0.134. The van der Waals surface area contributed by atoms with E-state index in [1.165, 1.54) is 25.0 Å². The molecule has 0 radical (unpaired) electrons. The number of amides is 1. The Kier molecular flexibility index (Phi) is 5.74. The number of carbonyl (C=O) groups is 1. The first-order valence-electron chi connectivity index (χ1n) is 10.1. The molecule has 1 aromatic heterocycles. The lowest BCUT2D eigenvalue weighted by Gasteiger charge is -2.29. The maximum Gasteiger partial charge on any atom is 0.223 e. The van der Waals surface area contributed by atoms with E-state index in [1.54, 1.807) is 18.3 Å². The first-order valence-corrected chi connectivity index (χ1v) is 10.1. The summed E-state index contributed by atoms with van der Waals surface area (Å²) in [5.41, 5.74) is 1.91. The van der Waals surface area contributed by atoms with E-state index in [2.05, 4.69) is 24.0 Å². The predicted molar refractivity (Wildman–Crippen MR) is 109 cm³/mol. The van der Waals surface area contributed by atoms with Crippen LogP contribution in [0.5, 0.6) is 0 Å². The molecule has 0 aliphatic heterocycles. The van der Waals surface area contributed by atoms with Crippen LogP contribution in [0.15, 0.2) is 65.2 Å². The van der Waals surface area contributed by atoms with Gasteiger partial charge in [-0.3, -0.25) is 4.79 Å². The van der Waals surface area contributed by atoms with Gasteiger partial charge < -0.3 is 9.32 Å². The van der Waals surface area contributed by atoms with Crippen LogP contribution < -0.4 is 0 Å². The summed E-state index contributed by atoms with van der Waals surface area (Å²) in [5, 5.41) is 0. The molecule has 2 aromatic carbocycles. The molecule has 4 nitrogen and oxygen atoms in total. The highest BCUT2D eigenvalue weighted by atomic mass is 19.1. The lowest BCUT2D eigenvalue weighted by atomic mass is 10.1. The SMILES string of the molecule is CC(C1CC1)N(Cc1ccccc1)C(=O)CCc1ncc(-c2ccc(F)cc2)o1. The maximum absolute atomic E-state index is 13.1. The fourth-order valence-electron chi connectivity index (χ4n) is 3.60. The summed E-state index contributed by atoms with van der Waals surface area (Å²) in [7, 11) is 0. The van der Waals surface area contributed by atoms with Crippen LogP contribution in [0.3, 0.4) is 0 Å². The highest BCUT2D eigenvalue weighted by Crippen LogP contribution is 2.36. The third-order valence-corrected chi connectivity index (χ3v) is 5.55. The van der Waals surface area contributed by atoms with Crippen LogP contribution in [0.4, 0.5) is 4.39 Å². The van der Waals surface area contributed by atoms with Gasteiger partial charge in [0, 0.05) is 31.0 Å². The summed E-state index contributed by atoms with van der Waals surface area (Å²) < 4.78 is 18.9. The Bertz CT molecular complexity index is 949. The molecule has 1 aliphatic rings. The molecule has 0 saturated heterocycles. The van der Waals surface area contributed by atoms with Crippen molar-refractivity contribution in [3.63, 3.8) is 0 Å². The van der Waals surface area contributed by atoms with Crippen molar-refractivity contribution in [2.75, 3.05) is 0 Å². The Morgan fingerprint density at radius 2 is 1.90 bits per heavy atom. The van der Waals surface area contributed by atoms with Crippen molar-refractivity contribution in [1.82, 2.24) is 9.88 Å². The van der Waals surface area contributed by atoms with Crippen LogP contribution in [0.1, 0.15) is 37.6 Å². The fourth-order valence-corrected chi connectivity index (χ4v) is 3.60. The third kappa shape index (κ3) is 4.91. The molecule has 1 saturated carbocycles. The molecule has 1 amide bonds. The van der Waals surface area contributed by atoms with Crippen LogP contribution in [-0.2, 0) is 17.8 Å². The second kappa shape index (κ2) is 8.60. The van der Waals surface area contributed by atoms with Gasteiger partial charge in [-0.2, -0.15) is 0 Å². The Hall–Kier alpha value is -2.95. The average molecular weight is 392 g/mol. The molecular formula is C24H25FN2O2. The number of nitrogens with zero attached hydrogens (tertiary/aromatic N) is 2. The van der Waals surface area contributed by atoms with Crippen molar-refractivity contribution in [3.8, 4) is 11.3 Å². The number of rotatable bonds is 8. The molecule has 1 aliphatic carbocycles. The van der Waals surface area contributed by atoms with Gasteiger partial charge in [0.1, 0.15) is 5.82 Å². The van der Waals surface area contributed by atoms with Gasteiger partial charge in [0.25, 0.3) is 0 Å². The van der Waals surface area contributed by atoms with Gasteiger partial charge in [-0.15, -0.1) is 0 Å². The monoisotopic (exact) mass is 392 g/mol. The first-order chi connectivity index (χ1) is 14.1. The minimum Gasteiger partial charge on any atom is -0.441 e. The quantitative estimate of drug-likeness (QED) is 0.527. The molecule has 0 spiro atoms. The second-order valence-electron chi connectivity index (χ2n) is 7.71. The number of aromatic nitrogens is 1. The number of hydrogen-bond donors (Lipinski definition) is 0. The van der Waals surface area contributed by atoms with Gasteiger partial charge in [-0.25, -0.2) is 9.37 Å². The minimum atomic E-state index is -0.289. The zero-order chi connectivity index (χ0) is 20.2. The standard InChI is InChI=1S/C24H25FN2O2/c1-17(19-7-8-19)27(16-18-5-3-2-4-6-18)24(28)14-13-23-26-15-22(29-23)20-9-11-21(25)12-10-20/h2-6,9-12,15,17,19H,7-8,13-14,16H2,1H3. The summed E-state index contributed by atoms with van der Waals surface area (Å²) in [6.07, 6.45) is 4.82. The number of aryl methyl sites for hydroxylation is 1. The van der Waals surface area contributed by atoms with E-state index in [4.69, 9.17) is 4.42 Å². The molecule has 1 atom stereocenters. The summed E-state index contributed by atoms with van der Waals surface area (Å²) in [6, 6.07) is 16.4. The van der Waals surface area contributed by atoms with Crippen LogP contribution in [-0.4, -0.2) is 21.8 Å². The molecule has 1 heterocycles. The normalized spacial score (nSPS) is 14.6. The zero-order valence-electron chi connectivity index (χ0n) is 16.6. The zero-order valence-corrected chi connectivity index (χ0v) is 16.6. The van der Waals surface area contributed by atoms with Crippen molar-refractivity contribution in [2.45, 2.75) is 45.2 Å². The van der Waals surface area contributed by atoms with E-state index in [9.17, 15) is 9.18 Å². The lowest BCUT2D eigenvalue weighted by Crippen LogP contribution is -2.39. The summed E-state index contributed by atoms with van der Waals surface area (Å²) in [5.74, 6) is 1.54. The molecule has 5 heteroatoms. The Balaban J connectivity index is 1.40.